The summed E-state index contributed by atoms with van der Waals surface area (Å²) in [4.78, 5) is 27.1. The number of nitrogens with zero attached hydrogens (tertiary/aromatic N) is 1. The molecule has 0 unspecified atom stereocenters. The van der Waals surface area contributed by atoms with Gasteiger partial charge in [0.2, 0.25) is 11.8 Å². The predicted octanol–water partition coefficient (Wildman–Crippen LogP) is 6.38. The maximum atomic E-state index is 12.8. The van der Waals surface area contributed by atoms with Gasteiger partial charge in [-0.1, -0.05) is 39.0 Å². The number of carbonyl (C=O) groups excluding carboxylic acids is 2. The Balaban J connectivity index is 1.36. The normalized spacial score (nSPS) is 16.0. The van der Waals surface area contributed by atoms with Gasteiger partial charge in [0.1, 0.15) is 11.5 Å². The second kappa shape index (κ2) is 9.34. The Morgan fingerprint density at radius 2 is 1.47 bits per heavy atom. The summed E-state index contributed by atoms with van der Waals surface area (Å²) in [7, 11) is 0. The van der Waals surface area contributed by atoms with Crippen LogP contribution in [0.1, 0.15) is 43.9 Å². The minimum atomic E-state index is -0.384. The van der Waals surface area contributed by atoms with Crippen LogP contribution in [-0.4, -0.2) is 18.4 Å². The topological polar surface area (TPSA) is 58.6 Å². The minimum Gasteiger partial charge on any atom is -0.457 e. The molecule has 0 bridgehead atoms. The summed E-state index contributed by atoms with van der Waals surface area (Å²) in [5, 5.41) is 2.94. The number of benzene rings is 3. The van der Waals surface area contributed by atoms with E-state index in [1.54, 1.807) is 4.90 Å². The Bertz CT molecular complexity index is 1170. The Kier molecular flexibility index (Phi) is 6.47. The number of anilines is 2. The van der Waals surface area contributed by atoms with Crippen LogP contribution in [0, 0.1) is 19.8 Å². The molecule has 0 spiro atoms. The number of ether oxygens (including phenoxy) is 1. The molecule has 1 aliphatic heterocycles. The summed E-state index contributed by atoms with van der Waals surface area (Å²) in [6.45, 7) is 10.9. The molecule has 2 amide bonds. The van der Waals surface area contributed by atoms with Crippen molar-refractivity contribution >= 4 is 23.2 Å². The van der Waals surface area contributed by atoms with Crippen LogP contribution >= 0.6 is 0 Å². The smallest absolute Gasteiger partial charge is 0.229 e. The molecule has 1 N–H and O–H groups in total. The molecular weight excluding hydrogens is 424 g/mol. The Hall–Kier alpha value is -3.60. The van der Waals surface area contributed by atoms with Gasteiger partial charge in [0, 0.05) is 24.3 Å². The van der Waals surface area contributed by atoms with Crippen LogP contribution < -0.4 is 15.0 Å². The number of carbonyl (C=O) groups is 2. The molecule has 3 aromatic rings. The van der Waals surface area contributed by atoms with Gasteiger partial charge in [-0.25, -0.2) is 0 Å². The monoisotopic (exact) mass is 456 g/mol. The van der Waals surface area contributed by atoms with Crippen molar-refractivity contribution in [3.05, 3.63) is 83.4 Å². The second-order valence-corrected chi connectivity index (χ2v) is 10.1. The van der Waals surface area contributed by atoms with Crippen molar-refractivity contribution in [3.8, 4) is 11.5 Å². The van der Waals surface area contributed by atoms with E-state index in [0.29, 0.717) is 18.0 Å². The van der Waals surface area contributed by atoms with Gasteiger partial charge in [0.25, 0.3) is 0 Å². The molecule has 0 saturated carbocycles. The van der Waals surface area contributed by atoms with Crippen molar-refractivity contribution in [1.29, 1.82) is 0 Å². The molecule has 176 valence electrons. The molecule has 34 heavy (non-hydrogen) atoms. The molecule has 1 fully saturated rings. The number of aryl methyl sites for hydroxylation is 2. The first-order valence-electron chi connectivity index (χ1n) is 11.7. The summed E-state index contributed by atoms with van der Waals surface area (Å²) in [5.74, 6) is 0.905. The van der Waals surface area contributed by atoms with Crippen molar-refractivity contribution in [2.24, 2.45) is 5.92 Å². The van der Waals surface area contributed by atoms with E-state index in [9.17, 15) is 9.59 Å². The van der Waals surface area contributed by atoms with E-state index < -0.39 is 0 Å². The zero-order valence-corrected chi connectivity index (χ0v) is 20.5. The zero-order chi connectivity index (χ0) is 24.5. The summed E-state index contributed by atoms with van der Waals surface area (Å²) in [6.07, 6.45) is 0.213. The molecule has 0 aliphatic carbocycles. The van der Waals surface area contributed by atoms with Crippen LogP contribution in [0.3, 0.4) is 0 Å². The SMILES string of the molecule is Cc1cc(C)cc(N2C[C@H](C(=O)Nc3ccc(Oc4ccc(C(C)(C)C)cc4)cc3)CC2=O)c1. The first-order valence-corrected chi connectivity index (χ1v) is 11.7. The van der Waals surface area contributed by atoms with Crippen LogP contribution in [0.25, 0.3) is 0 Å². The molecule has 1 atom stereocenters. The average Bonchev–Trinajstić information content (AvgIpc) is 3.16. The van der Waals surface area contributed by atoms with Crippen molar-refractivity contribution in [3.63, 3.8) is 0 Å². The highest BCUT2D eigenvalue weighted by Crippen LogP contribution is 2.29. The lowest BCUT2D eigenvalue weighted by atomic mass is 9.87. The first-order chi connectivity index (χ1) is 16.1. The number of rotatable bonds is 5. The molecule has 1 saturated heterocycles. The number of hydrogen-bond acceptors (Lipinski definition) is 3. The minimum absolute atomic E-state index is 0.0219. The van der Waals surface area contributed by atoms with E-state index in [2.05, 4.69) is 44.3 Å². The van der Waals surface area contributed by atoms with Crippen molar-refractivity contribution in [1.82, 2.24) is 0 Å². The average molecular weight is 457 g/mol. The molecule has 5 nitrogen and oxygen atoms in total. The molecule has 0 aromatic heterocycles. The molecule has 1 aliphatic rings. The van der Waals surface area contributed by atoms with E-state index in [1.807, 2.05) is 62.4 Å². The lowest BCUT2D eigenvalue weighted by Gasteiger charge is -2.19. The second-order valence-electron chi connectivity index (χ2n) is 10.1. The van der Waals surface area contributed by atoms with E-state index in [4.69, 9.17) is 4.74 Å². The predicted molar refractivity (Wildman–Crippen MR) is 137 cm³/mol. The summed E-state index contributed by atoms with van der Waals surface area (Å²) < 4.78 is 5.94. The van der Waals surface area contributed by atoms with E-state index >= 15 is 0 Å². The quantitative estimate of drug-likeness (QED) is 0.484. The molecule has 0 radical (unpaired) electrons. The van der Waals surface area contributed by atoms with Crippen LogP contribution in [0.4, 0.5) is 11.4 Å². The Morgan fingerprint density at radius 3 is 2.03 bits per heavy atom. The van der Waals surface area contributed by atoms with Gasteiger partial charge in [-0.2, -0.15) is 0 Å². The van der Waals surface area contributed by atoms with Crippen molar-refractivity contribution in [2.45, 2.75) is 46.5 Å². The summed E-state index contributed by atoms with van der Waals surface area (Å²) in [6, 6.07) is 21.4. The lowest BCUT2D eigenvalue weighted by Crippen LogP contribution is -2.28. The molecule has 1 heterocycles. The fraction of sp³-hybridized carbons (Fsp3) is 0.310. The largest absolute Gasteiger partial charge is 0.457 e. The van der Waals surface area contributed by atoms with Crippen LogP contribution in [0.2, 0.25) is 0 Å². The van der Waals surface area contributed by atoms with Gasteiger partial charge in [0.05, 0.1) is 5.92 Å². The summed E-state index contributed by atoms with van der Waals surface area (Å²) in [5.41, 5.74) is 5.08. The molecule has 5 heteroatoms. The molecular formula is C29H32N2O3. The van der Waals surface area contributed by atoms with Gasteiger partial charge in [-0.05, 0) is 84.5 Å². The number of amides is 2. The van der Waals surface area contributed by atoms with Crippen LogP contribution in [0.5, 0.6) is 11.5 Å². The number of nitrogens with one attached hydrogen (secondary N) is 1. The van der Waals surface area contributed by atoms with Gasteiger partial charge >= 0.3 is 0 Å². The highest BCUT2D eigenvalue weighted by Gasteiger charge is 2.35. The van der Waals surface area contributed by atoms with E-state index in [1.165, 1.54) is 5.56 Å². The fourth-order valence-electron chi connectivity index (χ4n) is 4.25. The van der Waals surface area contributed by atoms with Crippen molar-refractivity contribution < 1.29 is 14.3 Å². The Morgan fingerprint density at radius 1 is 0.912 bits per heavy atom. The highest BCUT2D eigenvalue weighted by atomic mass is 16.5. The van der Waals surface area contributed by atoms with E-state index in [0.717, 1.165) is 22.6 Å². The fourth-order valence-corrected chi connectivity index (χ4v) is 4.25. The van der Waals surface area contributed by atoms with E-state index in [-0.39, 0.29) is 29.6 Å². The maximum Gasteiger partial charge on any atom is 0.229 e. The standard InChI is InChI=1S/C29H32N2O3/c1-19-14-20(2)16-24(15-19)31-18-21(17-27(31)32)28(33)30-23-8-12-26(13-9-23)34-25-10-6-22(7-11-25)29(3,4)5/h6-16,21H,17-18H2,1-5H3,(H,30,33)/t21-/m1/s1. The van der Waals surface area contributed by atoms with Crippen LogP contribution in [0.15, 0.2) is 66.7 Å². The Labute approximate surface area is 201 Å². The summed E-state index contributed by atoms with van der Waals surface area (Å²) >= 11 is 0. The van der Waals surface area contributed by atoms with Gasteiger partial charge in [-0.3, -0.25) is 9.59 Å². The lowest BCUT2D eigenvalue weighted by molar-refractivity contribution is -0.122. The van der Waals surface area contributed by atoms with Gasteiger partial charge in [0.15, 0.2) is 0 Å². The van der Waals surface area contributed by atoms with Crippen molar-refractivity contribution in [2.75, 3.05) is 16.8 Å². The number of hydrogen-bond donors (Lipinski definition) is 1. The van der Waals surface area contributed by atoms with Gasteiger partial charge < -0.3 is 15.0 Å². The third-order valence-corrected chi connectivity index (χ3v) is 6.09. The van der Waals surface area contributed by atoms with Gasteiger partial charge in [-0.15, -0.1) is 0 Å². The molecule has 4 rings (SSSR count). The zero-order valence-electron chi connectivity index (χ0n) is 20.5. The third kappa shape index (κ3) is 5.48. The maximum absolute atomic E-state index is 12.8. The van der Waals surface area contributed by atoms with Crippen LogP contribution in [-0.2, 0) is 15.0 Å². The first kappa shape index (κ1) is 23.6. The third-order valence-electron chi connectivity index (χ3n) is 6.09. The molecule has 3 aromatic carbocycles. The highest BCUT2D eigenvalue weighted by molar-refractivity contribution is 6.03.